The Labute approximate surface area is 132 Å². The van der Waals surface area contributed by atoms with E-state index in [4.69, 9.17) is 9.47 Å². The smallest absolute Gasteiger partial charge is 0.123 e. The minimum absolute atomic E-state index is 0.262. The second-order valence-electron chi connectivity index (χ2n) is 5.53. The minimum Gasteiger partial charge on any atom is -0.497 e. The number of hydrogen-bond donors (Lipinski definition) is 1. The number of benzene rings is 1. The molecule has 1 aromatic carbocycles. The average molecular weight is 309 g/mol. The number of thioether (sulfide) groups is 1. The van der Waals surface area contributed by atoms with Crippen molar-refractivity contribution >= 4 is 11.8 Å². The number of rotatable bonds is 7. The predicted molar refractivity (Wildman–Crippen MR) is 90.7 cm³/mol. The third-order valence-corrected chi connectivity index (χ3v) is 5.53. The Bertz CT molecular complexity index is 452. The highest BCUT2D eigenvalue weighted by Gasteiger charge is 2.28. The molecule has 0 aliphatic heterocycles. The maximum atomic E-state index is 5.50. The van der Waals surface area contributed by atoms with E-state index in [-0.39, 0.29) is 6.04 Å². The molecule has 1 aliphatic rings. The largest absolute Gasteiger partial charge is 0.497 e. The first kappa shape index (κ1) is 16.5. The average Bonchev–Trinajstić information content (AvgIpc) is 2.94. The van der Waals surface area contributed by atoms with Crippen LogP contribution in [0.3, 0.4) is 0 Å². The molecule has 21 heavy (non-hydrogen) atoms. The number of nitrogens with one attached hydrogen (secondary N) is 1. The SMILES string of the molecule is CCSC1CCCC1NC(C)c1cc(OC)ccc1OC. The Hall–Kier alpha value is -0.870. The number of hydrogen-bond acceptors (Lipinski definition) is 4. The van der Waals surface area contributed by atoms with Crippen LogP contribution in [-0.4, -0.2) is 31.3 Å². The van der Waals surface area contributed by atoms with Crippen molar-refractivity contribution in [3.05, 3.63) is 23.8 Å². The summed E-state index contributed by atoms with van der Waals surface area (Å²) in [7, 11) is 3.43. The molecule has 3 nitrogen and oxygen atoms in total. The van der Waals surface area contributed by atoms with Gasteiger partial charge in [-0.05, 0) is 43.7 Å². The Morgan fingerprint density at radius 3 is 2.76 bits per heavy atom. The molecule has 0 spiro atoms. The van der Waals surface area contributed by atoms with E-state index in [1.807, 2.05) is 12.1 Å². The Balaban J connectivity index is 2.10. The molecule has 3 atom stereocenters. The van der Waals surface area contributed by atoms with Gasteiger partial charge in [0.2, 0.25) is 0 Å². The molecule has 1 aromatic rings. The summed E-state index contributed by atoms with van der Waals surface area (Å²) in [6.45, 7) is 4.46. The highest BCUT2D eigenvalue weighted by atomic mass is 32.2. The maximum absolute atomic E-state index is 5.50. The van der Waals surface area contributed by atoms with Crippen molar-refractivity contribution in [2.45, 2.75) is 50.4 Å². The molecule has 1 saturated carbocycles. The van der Waals surface area contributed by atoms with E-state index in [1.165, 1.54) is 30.6 Å². The molecule has 3 unspecified atom stereocenters. The summed E-state index contributed by atoms with van der Waals surface area (Å²) in [5.74, 6) is 3.00. The summed E-state index contributed by atoms with van der Waals surface area (Å²) in [6, 6.07) is 6.87. The van der Waals surface area contributed by atoms with Crippen LogP contribution in [0.1, 0.15) is 44.7 Å². The van der Waals surface area contributed by atoms with Gasteiger partial charge in [-0.1, -0.05) is 13.3 Å². The van der Waals surface area contributed by atoms with Crippen molar-refractivity contribution in [3.63, 3.8) is 0 Å². The molecule has 0 saturated heterocycles. The third kappa shape index (κ3) is 4.07. The van der Waals surface area contributed by atoms with Gasteiger partial charge >= 0.3 is 0 Å². The molecule has 1 aliphatic carbocycles. The predicted octanol–water partition coefficient (Wildman–Crippen LogP) is 4.03. The molecule has 0 heterocycles. The zero-order valence-corrected chi connectivity index (χ0v) is 14.3. The maximum Gasteiger partial charge on any atom is 0.123 e. The zero-order chi connectivity index (χ0) is 15.2. The van der Waals surface area contributed by atoms with Gasteiger partial charge in [-0.15, -0.1) is 0 Å². The van der Waals surface area contributed by atoms with Crippen LogP contribution in [0.5, 0.6) is 11.5 Å². The summed E-state index contributed by atoms with van der Waals surface area (Å²) in [4.78, 5) is 0. The van der Waals surface area contributed by atoms with Gasteiger partial charge in [0.1, 0.15) is 11.5 Å². The topological polar surface area (TPSA) is 30.5 Å². The normalized spacial score (nSPS) is 23.0. The summed E-state index contributed by atoms with van der Waals surface area (Å²) >= 11 is 2.08. The summed E-state index contributed by atoms with van der Waals surface area (Å²) in [5.41, 5.74) is 1.17. The number of ether oxygens (including phenoxy) is 2. The molecular weight excluding hydrogens is 282 g/mol. The fourth-order valence-corrected chi connectivity index (χ4v) is 4.33. The summed E-state index contributed by atoms with van der Waals surface area (Å²) < 4.78 is 10.9. The lowest BCUT2D eigenvalue weighted by atomic mass is 10.0. The fraction of sp³-hybridized carbons (Fsp3) is 0.647. The van der Waals surface area contributed by atoms with E-state index < -0.39 is 0 Å². The standard InChI is InChI=1S/C17H27NO2S/c1-5-21-17-8-6-7-15(17)18-12(2)14-11-13(19-3)9-10-16(14)20-4/h9-12,15,17-18H,5-8H2,1-4H3. The van der Waals surface area contributed by atoms with Crippen molar-refractivity contribution < 1.29 is 9.47 Å². The molecule has 0 bridgehead atoms. The van der Waals surface area contributed by atoms with Crippen LogP contribution in [0.15, 0.2) is 18.2 Å². The van der Waals surface area contributed by atoms with Crippen LogP contribution in [0.4, 0.5) is 0 Å². The Morgan fingerprint density at radius 1 is 1.29 bits per heavy atom. The van der Waals surface area contributed by atoms with Crippen molar-refractivity contribution in [2.24, 2.45) is 0 Å². The van der Waals surface area contributed by atoms with E-state index in [9.17, 15) is 0 Å². The van der Waals surface area contributed by atoms with Crippen LogP contribution in [0.25, 0.3) is 0 Å². The van der Waals surface area contributed by atoms with Crippen molar-refractivity contribution in [1.82, 2.24) is 5.32 Å². The first-order valence-electron chi connectivity index (χ1n) is 7.79. The highest BCUT2D eigenvalue weighted by molar-refractivity contribution is 7.99. The minimum atomic E-state index is 0.262. The van der Waals surface area contributed by atoms with Gasteiger partial charge in [-0.3, -0.25) is 0 Å². The van der Waals surface area contributed by atoms with Gasteiger partial charge in [0.15, 0.2) is 0 Å². The van der Waals surface area contributed by atoms with Gasteiger partial charge in [-0.2, -0.15) is 11.8 Å². The van der Waals surface area contributed by atoms with Gasteiger partial charge in [-0.25, -0.2) is 0 Å². The summed E-state index contributed by atoms with van der Waals surface area (Å²) in [6.07, 6.45) is 3.93. The highest BCUT2D eigenvalue weighted by Crippen LogP contribution is 2.34. The van der Waals surface area contributed by atoms with Crippen LogP contribution >= 0.6 is 11.8 Å². The molecule has 118 valence electrons. The van der Waals surface area contributed by atoms with Crippen LogP contribution < -0.4 is 14.8 Å². The summed E-state index contributed by atoms with van der Waals surface area (Å²) in [5, 5.41) is 4.54. The molecule has 0 radical (unpaired) electrons. The van der Waals surface area contributed by atoms with Gasteiger partial charge in [0.05, 0.1) is 14.2 Å². The van der Waals surface area contributed by atoms with E-state index in [0.29, 0.717) is 6.04 Å². The van der Waals surface area contributed by atoms with Crippen LogP contribution in [0, 0.1) is 0 Å². The van der Waals surface area contributed by atoms with Crippen molar-refractivity contribution in [3.8, 4) is 11.5 Å². The zero-order valence-electron chi connectivity index (χ0n) is 13.5. The van der Waals surface area contributed by atoms with Gasteiger partial charge < -0.3 is 14.8 Å². The molecule has 0 amide bonds. The second kappa shape index (κ2) is 7.95. The second-order valence-corrected chi connectivity index (χ2v) is 7.04. The van der Waals surface area contributed by atoms with E-state index in [1.54, 1.807) is 14.2 Å². The van der Waals surface area contributed by atoms with Crippen LogP contribution in [0.2, 0.25) is 0 Å². The molecule has 4 heteroatoms. The molecule has 0 aromatic heterocycles. The first-order chi connectivity index (χ1) is 10.2. The molecule has 1 fully saturated rings. The Kier molecular flexibility index (Phi) is 6.24. The molecule has 2 rings (SSSR count). The lowest BCUT2D eigenvalue weighted by Gasteiger charge is -2.26. The Morgan fingerprint density at radius 2 is 2.10 bits per heavy atom. The monoisotopic (exact) mass is 309 g/mol. The lowest BCUT2D eigenvalue weighted by molar-refractivity contribution is 0.385. The van der Waals surface area contributed by atoms with E-state index >= 15 is 0 Å². The van der Waals surface area contributed by atoms with Gasteiger partial charge in [0, 0.05) is 22.9 Å². The molecular formula is C17H27NO2S. The lowest BCUT2D eigenvalue weighted by Crippen LogP contribution is -2.36. The van der Waals surface area contributed by atoms with E-state index in [2.05, 4.69) is 37.0 Å². The fourth-order valence-electron chi connectivity index (χ4n) is 3.12. The van der Waals surface area contributed by atoms with E-state index in [0.717, 1.165) is 16.7 Å². The van der Waals surface area contributed by atoms with Crippen molar-refractivity contribution in [1.29, 1.82) is 0 Å². The first-order valence-corrected chi connectivity index (χ1v) is 8.84. The third-order valence-electron chi connectivity index (χ3n) is 4.20. The van der Waals surface area contributed by atoms with Crippen molar-refractivity contribution in [2.75, 3.05) is 20.0 Å². The quantitative estimate of drug-likeness (QED) is 0.824. The molecule has 1 N–H and O–H groups in total. The van der Waals surface area contributed by atoms with Gasteiger partial charge in [0.25, 0.3) is 0 Å². The number of methoxy groups -OCH3 is 2. The van der Waals surface area contributed by atoms with Crippen LogP contribution in [-0.2, 0) is 0 Å².